The van der Waals surface area contributed by atoms with E-state index in [1.54, 1.807) is 0 Å². The Bertz CT molecular complexity index is 107. The normalized spacial score (nSPS) is 13.6. The molecule has 2 N–H and O–H groups in total. The Morgan fingerprint density at radius 2 is 2.00 bits per heavy atom. The Morgan fingerprint density at radius 3 is 2.54 bits per heavy atom. The molecule has 0 saturated heterocycles. The molecule has 0 aromatic rings. The second-order valence-electron chi connectivity index (χ2n) is 3.88. The van der Waals surface area contributed by atoms with Crippen molar-refractivity contribution in [2.75, 3.05) is 33.8 Å². The molecule has 3 nitrogen and oxygen atoms in total. The minimum atomic E-state index is 0.309. The van der Waals surface area contributed by atoms with E-state index in [2.05, 4.69) is 31.2 Å². The zero-order valence-corrected chi connectivity index (χ0v) is 9.21. The van der Waals surface area contributed by atoms with Crippen LogP contribution >= 0.6 is 0 Å². The molecule has 0 aliphatic heterocycles. The second-order valence-corrected chi connectivity index (χ2v) is 3.88. The van der Waals surface area contributed by atoms with Gasteiger partial charge in [0.1, 0.15) is 0 Å². The zero-order valence-electron chi connectivity index (χ0n) is 9.21. The minimum absolute atomic E-state index is 0.309. The van der Waals surface area contributed by atoms with E-state index < -0.39 is 0 Å². The highest BCUT2D eigenvalue weighted by Crippen LogP contribution is 1.95. The number of hydrogen-bond acceptors (Lipinski definition) is 3. The fraction of sp³-hybridized carbons (Fsp3) is 1.00. The first-order valence-electron chi connectivity index (χ1n) is 5.15. The summed E-state index contributed by atoms with van der Waals surface area (Å²) >= 11 is 0. The van der Waals surface area contributed by atoms with Crippen LogP contribution in [0.2, 0.25) is 0 Å². The van der Waals surface area contributed by atoms with Gasteiger partial charge < -0.3 is 15.3 Å². The summed E-state index contributed by atoms with van der Waals surface area (Å²) in [5.41, 5.74) is 0. The highest BCUT2D eigenvalue weighted by molar-refractivity contribution is 4.60. The third-order valence-electron chi connectivity index (χ3n) is 2.07. The Kier molecular flexibility index (Phi) is 8.40. The second kappa shape index (κ2) is 8.48. The maximum absolute atomic E-state index is 8.63. The molecule has 0 spiro atoms. The molecule has 0 amide bonds. The van der Waals surface area contributed by atoms with Crippen molar-refractivity contribution in [1.82, 2.24) is 10.2 Å². The molecule has 0 fully saturated rings. The summed E-state index contributed by atoms with van der Waals surface area (Å²) in [6, 6.07) is 0.536. The number of hydrogen-bond donors (Lipinski definition) is 2. The third kappa shape index (κ3) is 9.80. The fourth-order valence-corrected chi connectivity index (χ4v) is 1.24. The van der Waals surface area contributed by atoms with Gasteiger partial charge in [0.15, 0.2) is 0 Å². The lowest BCUT2D eigenvalue weighted by Crippen LogP contribution is -2.29. The van der Waals surface area contributed by atoms with Gasteiger partial charge in [-0.25, -0.2) is 0 Å². The molecule has 1 atom stereocenters. The standard InChI is InChI=1S/C10H24N2O/c1-10(6-4-9-13)11-7-5-8-12(2)3/h10-11,13H,4-9H2,1-3H3. The van der Waals surface area contributed by atoms with Crippen molar-refractivity contribution in [3.8, 4) is 0 Å². The van der Waals surface area contributed by atoms with Gasteiger partial charge in [-0.2, -0.15) is 0 Å². The molecule has 0 aliphatic carbocycles. The van der Waals surface area contributed by atoms with E-state index in [1.165, 1.54) is 6.42 Å². The molecule has 13 heavy (non-hydrogen) atoms. The molecule has 0 aliphatic rings. The van der Waals surface area contributed by atoms with E-state index in [0.717, 1.165) is 25.9 Å². The summed E-state index contributed by atoms with van der Waals surface area (Å²) in [6.45, 7) is 4.69. The molecule has 0 bridgehead atoms. The monoisotopic (exact) mass is 188 g/mol. The van der Waals surface area contributed by atoms with Crippen LogP contribution in [0.5, 0.6) is 0 Å². The van der Waals surface area contributed by atoms with Gasteiger partial charge in [0.2, 0.25) is 0 Å². The topological polar surface area (TPSA) is 35.5 Å². The maximum atomic E-state index is 8.63. The predicted molar refractivity (Wildman–Crippen MR) is 57.0 cm³/mol. The van der Waals surface area contributed by atoms with Crippen molar-refractivity contribution in [3.63, 3.8) is 0 Å². The average Bonchev–Trinajstić information content (AvgIpc) is 2.08. The highest BCUT2D eigenvalue weighted by atomic mass is 16.2. The van der Waals surface area contributed by atoms with E-state index in [-0.39, 0.29) is 0 Å². The SMILES string of the molecule is CC(CCCO)NCCCN(C)C. The van der Waals surface area contributed by atoms with Gasteiger partial charge in [0, 0.05) is 12.6 Å². The van der Waals surface area contributed by atoms with E-state index in [0.29, 0.717) is 12.6 Å². The van der Waals surface area contributed by atoms with Crippen LogP contribution in [-0.2, 0) is 0 Å². The predicted octanol–water partition coefficient (Wildman–Crippen LogP) is 0.689. The Hall–Kier alpha value is -0.120. The van der Waals surface area contributed by atoms with Gasteiger partial charge in [0.05, 0.1) is 0 Å². The Labute approximate surface area is 82.1 Å². The lowest BCUT2D eigenvalue weighted by molar-refractivity contribution is 0.276. The summed E-state index contributed by atoms with van der Waals surface area (Å²) in [5.74, 6) is 0. The quantitative estimate of drug-likeness (QED) is 0.550. The lowest BCUT2D eigenvalue weighted by atomic mass is 10.2. The van der Waals surface area contributed by atoms with Crippen LogP contribution in [0.3, 0.4) is 0 Å². The van der Waals surface area contributed by atoms with Crippen LogP contribution in [0.1, 0.15) is 26.2 Å². The smallest absolute Gasteiger partial charge is 0.0431 e. The van der Waals surface area contributed by atoms with Crippen molar-refractivity contribution in [2.45, 2.75) is 32.2 Å². The Morgan fingerprint density at radius 1 is 1.31 bits per heavy atom. The molecule has 3 heteroatoms. The largest absolute Gasteiger partial charge is 0.396 e. The Balaban J connectivity index is 3.12. The van der Waals surface area contributed by atoms with Gasteiger partial charge in [-0.3, -0.25) is 0 Å². The molecule has 0 saturated carbocycles. The number of nitrogens with one attached hydrogen (secondary N) is 1. The first kappa shape index (κ1) is 12.9. The number of rotatable bonds is 8. The van der Waals surface area contributed by atoms with E-state index >= 15 is 0 Å². The molecular formula is C10H24N2O. The summed E-state index contributed by atoms with van der Waals surface area (Å²) in [4.78, 5) is 2.19. The maximum Gasteiger partial charge on any atom is 0.0431 e. The first-order chi connectivity index (χ1) is 6.16. The molecule has 0 heterocycles. The van der Waals surface area contributed by atoms with Crippen LogP contribution in [0.25, 0.3) is 0 Å². The molecule has 0 radical (unpaired) electrons. The van der Waals surface area contributed by atoms with Gasteiger partial charge in [-0.1, -0.05) is 0 Å². The van der Waals surface area contributed by atoms with Gasteiger partial charge in [-0.05, 0) is 53.4 Å². The first-order valence-corrected chi connectivity index (χ1v) is 5.15. The van der Waals surface area contributed by atoms with Gasteiger partial charge in [0.25, 0.3) is 0 Å². The minimum Gasteiger partial charge on any atom is -0.396 e. The number of aliphatic hydroxyl groups is 1. The molecule has 0 aromatic heterocycles. The van der Waals surface area contributed by atoms with Crippen molar-refractivity contribution in [2.24, 2.45) is 0 Å². The summed E-state index contributed by atoms with van der Waals surface area (Å²) in [6.07, 6.45) is 3.16. The van der Waals surface area contributed by atoms with Crippen molar-refractivity contribution in [3.05, 3.63) is 0 Å². The van der Waals surface area contributed by atoms with Crippen molar-refractivity contribution < 1.29 is 5.11 Å². The van der Waals surface area contributed by atoms with Gasteiger partial charge in [-0.15, -0.1) is 0 Å². The number of aliphatic hydroxyl groups excluding tert-OH is 1. The third-order valence-corrected chi connectivity index (χ3v) is 2.07. The van der Waals surface area contributed by atoms with Crippen LogP contribution in [-0.4, -0.2) is 49.8 Å². The molecule has 0 rings (SSSR count). The zero-order chi connectivity index (χ0) is 10.1. The molecule has 0 aromatic carbocycles. The van der Waals surface area contributed by atoms with Crippen molar-refractivity contribution in [1.29, 1.82) is 0 Å². The van der Waals surface area contributed by atoms with Crippen molar-refractivity contribution >= 4 is 0 Å². The molecule has 80 valence electrons. The summed E-state index contributed by atoms with van der Waals surface area (Å²) in [7, 11) is 4.18. The number of nitrogens with zero attached hydrogens (tertiary/aromatic N) is 1. The van der Waals surface area contributed by atoms with E-state index in [4.69, 9.17) is 5.11 Å². The fourth-order valence-electron chi connectivity index (χ4n) is 1.24. The molecular weight excluding hydrogens is 164 g/mol. The summed E-state index contributed by atoms with van der Waals surface area (Å²) in [5, 5.41) is 12.1. The average molecular weight is 188 g/mol. The van der Waals surface area contributed by atoms with Crippen LogP contribution in [0.4, 0.5) is 0 Å². The summed E-state index contributed by atoms with van der Waals surface area (Å²) < 4.78 is 0. The van der Waals surface area contributed by atoms with Crippen LogP contribution in [0.15, 0.2) is 0 Å². The van der Waals surface area contributed by atoms with Crippen LogP contribution in [0, 0.1) is 0 Å². The van der Waals surface area contributed by atoms with E-state index in [9.17, 15) is 0 Å². The highest BCUT2D eigenvalue weighted by Gasteiger charge is 1.99. The van der Waals surface area contributed by atoms with E-state index in [1.807, 2.05) is 0 Å². The van der Waals surface area contributed by atoms with Gasteiger partial charge >= 0.3 is 0 Å². The van der Waals surface area contributed by atoms with Crippen LogP contribution < -0.4 is 5.32 Å². The molecule has 1 unspecified atom stereocenters. The lowest BCUT2D eigenvalue weighted by Gasteiger charge is -2.14.